The molecule has 0 saturated carbocycles. The standard InChI is InChI=1S/C27H27ClN2O2/c1-17(2)22-8-4-3-6-18(22)7-5-9-25-27(32)30-24-15-12-20(28)16-23(24)26(29-25)19-10-13-21(31)14-11-19/h3-4,6,8,10-17,25,31H,5,7,9H2,1-2H3,(H,30,32). The Morgan fingerprint density at radius 3 is 2.56 bits per heavy atom. The van der Waals surface area contributed by atoms with Crippen molar-refractivity contribution in [3.63, 3.8) is 0 Å². The van der Waals surface area contributed by atoms with Gasteiger partial charge in [-0.05, 0) is 78.8 Å². The maximum Gasteiger partial charge on any atom is 0.249 e. The Bertz CT molecular complexity index is 1150. The third-order valence-electron chi connectivity index (χ3n) is 5.82. The number of aliphatic imine (C=N–C) groups is 1. The highest BCUT2D eigenvalue weighted by Crippen LogP contribution is 2.29. The molecule has 1 unspecified atom stereocenters. The van der Waals surface area contributed by atoms with Gasteiger partial charge in [-0.1, -0.05) is 49.7 Å². The van der Waals surface area contributed by atoms with Crippen LogP contribution in [0.4, 0.5) is 5.69 Å². The molecule has 1 aliphatic rings. The first-order valence-corrected chi connectivity index (χ1v) is 11.4. The lowest BCUT2D eigenvalue weighted by molar-refractivity contribution is -0.117. The number of aryl methyl sites for hydroxylation is 1. The monoisotopic (exact) mass is 446 g/mol. The molecule has 32 heavy (non-hydrogen) atoms. The molecule has 2 N–H and O–H groups in total. The van der Waals surface area contributed by atoms with Gasteiger partial charge in [0.1, 0.15) is 11.8 Å². The van der Waals surface area contributed by atoms with Crippen molar-refractivity contribution in [1.82, 2.24) is 0 Å². The Morgan fingerprint density at radius 1 is 1.06 bits per heavy atom. The fraction of sp³-hybridized carbons (Fsp3) is 0.259. The minimum absolute atomic E-state index is 0.112. The summed E-state index contributed by atoms with van der Waals surface area (Å²) >= 11 is 6.26. The van der Waals surface area contributed by atoms with Gasteiger partial charge in [0.15, 0.2) is 0 Å². The number of benzodiazepines with no additional fused rings is 1. The molecule has 5 heteroatoms. The molecule has 0 radical (unpaired) electrons. The van der Waals surface area contributed by atoms with E-state index in [1.165, 1.54) is 11.1 Å². The number of hydrogen-bond donors (Lipinski definition) is 2. The summed E-state index contributed by atoms with van der Waals surface area (Å²) in [6.07, 6.45) is 2.40. The van der Waals surface area contributed by atoms with E-state index >= 15 is 0 Å². The Hall–Kier alpha value is -3.11. The zero-order chi connectivity index (χ0) is 22.7. The Balaban J connectivity index is 1.62. The topological polar surface area (TPSA) is 61.7 Å². The first-order chi connectivity index (χ1) is 15.4. The Morgan fingerprint density at radius 2 is 1.81 bits per heavy atom. The summed E-state index contributed by atoms with van der Waals surface area (Å²) in [5.41, 5.74) is 5.69. The van der Waals surface area contributed by atoms with Crippen LogP contribution in [0.5, 0.6) is 5.75 Å². The first kappa shape index (κ1) is 22.1. The average molecular weight is 447 g/mol. The van der Waals surface area contributed by atoms with Gasteiger partial charge in [0, 0.05) is 16.1 Å². The van der Waals surface area contributed by atoms with Crippen molar-refractivity contribution >= 4 is 28.9 Å². The lowest BCUT2D eigenvalue weighted by atomic mass is 9.93. The van der Waals surface area contributed by atoms with E-state index in [0.29, 0.717) is 28.8 Å². The highest BCUT2D eigenvalue weighted by Gasteiger charge is 2.26. The van der Waals surface area contributed by atoms with Crippen molar-refractivity contribution in [3.05, 3.63) is 94.0 Å². The first-order valence-electron chi connectivity index (χ1n) is 11.0. The molecular weight excluding hydrogens is 420 g/mol. The quantitative estimate of drug-likeness (QED) is 0.463. The Labute approximate surface area is 194 Å². The van der Waals surface area contributed by atoms with E-state index in [4.69, 9.17) is 16.6 Å². The molecule has 1 heterocycles. The number of hydrogen-bond acceptors (Lipinski definition) is 3. The van der Waals surface area contributed by atoms with Crippen LogP contribution in [0.15, 0.2) is 71.7 Å². The number of anilines is 1. The molecule has 0 spiro atoms. The summed E-state index contributed by atoms with van der Waals surface area (Å²) in [6.45, 7) is 4.41. The molecule has 0 bridgehead atoms. The molecule has 1 atom stereocenters. The number of benzene rings is 3. The number of nitrogens with one attached hydrogen (secondary N) is 1. The minimum Gasteiger partial charge on any atom is -0.508 e. The number of amides is 1. The molecule has 0 aromatic heterocycles. The molecule has 1 aliphatic heterocycles. The van der Waals surface area contributed by atoms with Crippen LogP contribution in [0.25, 0.3) is 0 Å². The molecule has 3 aromatic rings. The van der Waals surface area contributed by atoms with Crippen LogP contribution >= 0.6 is 11.6 Å². The van der Waals surface area contributed by atoms with Crippen molar-refractivity contribution in [1.29, 1.82) is 0 Å². The van der Waals surface area contributed by atoms with E-state index in [9.17, 15) is 9.90 Å². The molecule has 164 valence electrons. The number of fused-ring (bicyclic) bond motifs is 1. The predicted molar refractivity (Wildman–Crippen MR) is 131 cm³/mol. The third kappa shape index (κ3) is 4.86. The normalized spacial score (nSPS) is 15.7. The van der Waals surface area contributed by atoms with Gasteiger partial charge in [-0.25, -0.2) is 0 Å². The maximum absolute atomic E-state index is 13.0. The van der Waals surface area contributed by atoms with E-state index in [1.54, 1.807) is 18.2 Å². The summed E-state index contributed by atoms with van der Waals surface area (Å²) in [7, 11) is 0. The number of halogens is 1. The van der Waals surface area contributed by atoms with Gasteiger partial charge in [-0.15, -0.1) is 0 Å². The van der Waals surface area contributed by atoms with Crippen LogP contribution < -0.4 is 5.32 Å². The van der Waals surface area contributed by atoms with E-state index in [1.807, 2.05) is 24.3 Å². The summed E-state index contributed by atoms with van der Waals surface area (Å²) in [5, 5.41) is 13.3. The molecule has 4 nitrogen and oxygen atoms in total. The molecule has 0 saturated heterocycles. The predicted octanol–water partition coefficient (Wildman–Crippen LogP) is 6.35. The largest absolute Gasteiger partial charge is 0.508 e. The van der Waals surface area contributed by atoms with Gasteiger partial charge in [-0.2, -0.15) is 0 Å². The zero-order valence-corrected chi connectivity index (χ0v) is 19.1. The van der Waals surface area contributed by atoms with Crippen LogP contribution in [0.1, 0.15) is 54.9 Å². The number of phenolic OH excluding ortho intramolecular Hbond substituents is 1. The second-order valence-corrected chi connectivity index (χ2v) is 8.90. The van der Waals surface area contributed by atoms with Crippen molar-refractivity contribution < 1.29 is 9.90 Å². The SMILES string of the molecule is CC(C)c1ccccc1CCCC1N=C(c2ccc(O)cc2)c2cc(Cl)ccc2NC1=O. The maximum atomic E-state index is 13.0. The second kappa shape index (κ2) is 9.58. The van der Waals surface area contributed by atoms with E-state index in [0.717, 1.165) is 24.0 Å². The van der Waals surface area contributed by atoms with Crippen LogP contribution in [-0.4, -0.2) is 22.8 Å². The number of nitrogens with zero attached hydrogens (tertiary/aromatic N) is 1. The fourth-order valence-corrected chi connectivity index (χ4v) is 4.35. The van der Waals surface area contributed by atoms with Gasteiger partial charge >= 0.3 is 0 Å². The lowest BCUT2D eigenvalue weighted by Crippen LogP contribution is -2.25. The summed E-state index contributed by atoms with van der Waals surface area (Å²) in [4.78, 5) is 17.9. The Kier molecular flexibility index (Phi) is 6.61. The third-order valence-corrected chi connectivity index (χ3v) is 6.06. The van der Waals surface area contributed by atoms with E-state index in [-0.39, 0.29) is 11.7 Å². The molecule has 4 rings (SSSR count). The summed E-state index contributed by atoms with van der Waals surface area (Å²) < 4.78 is 0. The van der Waals surface area contributed by atoms with Crippen molar-refractivity contribution in [2.24, 2.45) is 4.99 Å². The number of phenols is 1. The number of rotatable bonds is 6. The van der Waals surface area contributed by atoms with Crippen molar-refractivity contribution in [3.8, 4) is 5.75 Å². The number of aromatic hydroxyl groups is 1. The summed E-state index contributed by atoms with van der Waals surface area (Å²) in [5.74, 6) is 0.536. The molecular formula is C27H27ClN2O2. The number of carbonyl (C=O) groups excluding carboxylic acids is 1. The fourth-order valence-electron chi connectivity index (χ4n) is 4.18. The van der Waals surface area contributed by atoms with Gasteiger partial charge in [-0.3, -0.25) is 9.79 Å². The molecule has 3 aromatic carbocycles. The van der Waals surface area contributed by atoms with Crippen LogP contribution in [0.3, 0.4) is 0 Å². The van der Waals surface area contributed by atoms with Gasteiger partial charge in [0.2, 0.25) is 5.91 Å². The van der Waals surface area contributed by atoms with Gasteiger partial charge in [0.25, 0.3) is 0 Å². The lowest BCUT2D eigenvalue weighted by Gasteiger charge is -2.14. The van der Waals surface area contributed by atoms with Gasteiger partial charge < -0.3 is 10.4 Å². The minimum atomic E-state index is -0.504. The highest BCUT2D eigenvalue weighted by atomic mass is 35.5. The van der Waals surface area contributed by atoms with Crippen LogP contribution in [0, 0.1) is 0 Å². The van der Waals surface area contributed by atoms with Crippen LogP contribution in [0.2, 0.25) is 5.02 Å². The highest BCUT2D eigenvalue weighted by molar-refractivity contribution is 6.32. The molecule has 1 amide bonds. The average Bonchev–Trinajstić information content (AvgIpc) is 2.91. The van der Waals surface area contributed by atoms with Crippen molar-refractivity contribution in [2.45, 2.75) is 45.1 Å². The van der Waals surface area contributed by atoms with Gasteiger partial charge in [0.05, 0.1) is 11.4 Å². The second-order valence-electron chi connectivity index (χ2n) is 8.47. The summed E-state index contributed by atoms with van der Waals surface area (Å²) in [6, 6.07) is 20.3. The zero-order valence-electron chi connectivity index (χ0n) is 18.3. The number of carbonyl (C=O) groups is 1. The van der Waals surface area contributed by atoms with E-state index < -0.39 is 6.04 Å². The molecule has 0 aliphatic carbocycles. The molecule has 0 fully saturated rings. The van der Waals surface area contributed by atoms with E-state index in [2.05, 4.69) is 43.4 Å². The smallest absolute Gasteiger partial charge is 0.249 e. The van der Waals surface area contributed by atoms with Crippen LogP contribution in [-0.2, 0) is 11.2 Å². The van der Waals surface area contributed by atoms with Crippen molar-refractivity contribution in [2.75, 3.05) is 5.32 Å².